The summed E-state index contributed by atoms with van der Waals surface area (Å²) in [7, 11) is 2.03. The van der Waals surface area contributed by atoms with Gasteiger partial charge in [0.1, 0.15) is 6.61 Å². The molecule has 1 aromatic carbocycles. The highest BCUT2D eigenvalue weighted by Crippen LogP contribution is 2.24. The van der Waals surface area contributed by atoms with Crippen molar-refractivity contribution in [3.05, 3.63) is 36.0 Å². The maximum atomic E-state index is 11.1. The molecule has 0 radical (unpaired) electrons. The van der Waals surface area contributed by atoms with Gasteiger partial charge in [0.05, 0.1) is 18.9 Å². The third kappa shape index (κ3) is 4.54. The van der Waals surface area contributed by atoms with Crippen LogP contribution in [0.1, 0.15) is 38.7 Å². The van der Waals surface area contributed by atoms with Crippen LogP contribution in [0, 0.1) is 5.92 Å². The van der Waals surface area contributed by atoms with E-state index >= 15 is 0 Å². The highest BCUT2D eigenvalue weighted by Gasteiger charge is 2.40. The maximum absolute atomic E-state index is 11.1. The fourth-order valence-corrected chi connectivity index (χ4v) is 3.35. The van der Waals surface area contributed by atoms with E-state index in [1.54, 1.807) is 0 Å². The molecule has 152 valence electrons. The van der Waals surface area contributed by atoms with Crippen LogP contribution < -0.4 is 0 Å². The second-order valence-electron chi connectivity index (χ2n) is 7.42. The molecule has 0 amide bonds. The summed E-state index contributed by atoms with van der Waals surface area (Å²) < 4.78 is 12.8. The SMILES string of the molecule is C/C(=N/OCCCCC1COC(C)(C(=O)O)OC1)c1cn(C)c2ccccc12. The number of hydrogen-bond acceptors (Lipinski definition) is 5. The number of carbonyl (C=O) groups is 1. The Hall–Kier alpha value is -2.38. The number of aryl methyl sites for hydroxylation is 1. The van der Waals surface area contributed by atoms with Gasteiger partial charge in [-0.05, 0) is 32.3 Å². The fraction of sp³-hybridized carbons (Fsp3) is 0.524. The summed E-state index contributed by atoms with van der Waals surface area (Å²) in [4.78, 5) is 16.6. The fourth-order valence-electron chi connectivity index (χ4n) is 3.35. The third-order valence-corrected chi connectivity index (χ3v) is 5.16. The topological polar surface area (TPSA) is 82.3 Å². The van der Waals surface area contributed by atoms with Gasteiger partial charge in [0.2, 0.25) is 0 Å². The average Bonchev–Trinajstić information content (AvgIpc) is 3.03. The highest BCUT2D eigenvalue weighted by molar-refractivity contribution is 6.09. The van der Waals surface area contributed by atoms with E-state index in [-0.39, 0.29) is 5.92 Å². The van der Waals surface area contributed by atoms with Crippen molar-refractivity contribution in [2.45, 2.75) is 38.9 Å². The van der Waals surface area contributed by atoms with Gasteiger partial charge in [0, 0.05) is 42.6 Å². The van der Waals surface area contributed by atoms with E-state index in [0.717, 1.165) is 30.5 Å². The van der Waals surface area contributed by atoms with E-state index in [1.165, 1.54) is 17.8 Å². The Labute approximate surface area is 164 Å². The smallest absolute Gasteiger partial charge is 0.364 e. The number of carboxylic acid groups (broad SMARTS) is 1. The van der Waals surface area contributed by atoms with E-state index < -0.39 is 11.8 Å². The van der Waals surface area contributed by atoms with Crippen LogP contribution in [-0.2, 0) is 26.2 Å². The molecule has 1 fully saturated rings. The summed E-state index contributed by atoms with van der Waals surface area (Å²) in [5, 5.41) is 14.5. The van der Waals surface area contributed by atoms with Gasteiger partial charge in [-0.3, -0.25) is 0 Å². The molecule has 0 atom stereocenters. The van der Waals surface area contributed by atoms with E-state index in [1.807, 2.05) is 26.1 Å². The van der Waals surface area contributed by atoms with E-state index in [9.17, 15) is 4.79 Å². The highest BCUT2D eigenvalue weighted by atomic mass is 16.7. The number of benzene rings is 1. The van der Waals surface area contributed by atoms with Crippen LogP contribution in [0.15, 0.2) is 35.6 Å². The molecule has 3 rings (SSSR count). The number of unbranched alkanes of at least 4 members (excludes halogenated alkanes) is 1. The molecule has 28 heavy (non-hydrogen) atoms. The number of oxime groups is 1. The van der Waals surface area contributed by atoms with Crippen molar-refractivity contribution in [3.8, 4) is 0 Å². The number of ether oxygens (including phenoxy) is 2. The zero-order valence-corrected chi connectivity index (χ0v) is 16.7. The van der Waals surface area contributed by atoms with Crippen molar-refractivity contribution < 1.29 is 24.2 Å². The van der Waals surface area contributed by atoms with Gasteiger partial charge < -0.3 is 24.0 Å². The molecule has 7 heteroatoms. The van der Waals surface area contributed by atoms with Gasteiger partial charge in [-0.2, -0.15) is 0 Å². The first-order chi connectivity index (χ1) is 13.4. The average molecular weight is 388 g/mol. The number of fused-ring (bicyclic) bond motifs is 1. The van der Waals surface area contributed by atoms with Crippen LogP contribution in [0.5, 0.6) is 0 Å². The molecule has 0 bridgehead atoms. The van der Waals surface area contributed by atoms with Crippen molar-refractivity contribution in [1.29, 1.82) is 0 Å². The zero-order valence-electron chi connectivity index (χ0n) is 16.7. The van der Waals surface area contributed by atoms with Gasteiger partial charge in [0.25, 0.3) is 5.79 Å². The minimum atomic E-state index is -1.51. The zero-order chi connectivity index (χ0) is 20.1. The van der Waals surface area contributed by atoms with Crippen molar-refractivity contribution in [2.24, 2.45) is 18.1 Å². The third-order valence-electron chi connectivity index (χ3n) is 5.16. The van der Waals surface area contributed by atoms with Gasteiger partial charge in [-0.1, -0.05) is 23.4 Å². The van der Waals surface area contributed by atoms with Gasteiger partial charge >= 0.3 is 5.97 Å². The quantitative estimate of drug-likeness (QED) is 0.425. The van der Waals surface area contributed by atoms with Crippen LogP contribution in [0.4, 0.5) is 0 Å². The lowest BCUT2D eigenvalue weighted by Gasteiger charge is -2.34. The van der Waals surface area contributed by atoms with Gasteiger partial charge in [-0.15, -0.1) is 0 Å². The number of aliphatic carboxylic acids is 1. The Bertz CT molecular complexity index is 850. The second kappa shape index (κ2) is 8.75. The molecule has 0 unspecified atom stereocenters. The molecule has 1 aliphatic heterocycles. The number of aromatic nitrogens is 1. The van der Waals surface area contributed by atoms with Crippen molar-refractivity contribution in [3.63, 3.8) is 0 Å². The van der Waals surface area contributed by atoms with Crippen molar-refractivity contribution >= 4 is 22.6 Å². The molecular formula is C21H28N2O5. The Kier molecular flexibility index (Phi) is 6.36. The molecule has 2 aromatic rings. The summed E-state index contributed by atoms with van der Waals surface area (Å²) in [5.41, 5.74) is 3.11. The summed E-state index contributed by atoms with van der Waals surface area (Å²) in [6.07, 6.45) is 4.80. The number of carboxylic acids is 1. The maximum Gasteiger partial charge on any atom is 0.364 e. The molecule has 0 aliphatic carbocycles. The van der Waals surface area contributed by atoms with Crippen LogP contribution in [0.2, 0.25) is 0 Å². The molecule has 1 saturated heterocycles. The number of para-hydroxylation sites is 1. The van der Waals surface area contributed by atoms with Crippen LogP contribution in [0.3, 0.4) is 0 Å². The van der Waals surface area contributed by atoms with E-state index in [4.69, 9.17) is 19.4 Å². The lowest BCUT2D eigenvalue weighted by atomic mass is 10.0. The first kappa shape index (κ1) is 20.4. The van der Waals surface area contributed by atoms with Crippen LogP contribution in [0.25, 0.3) is 10.9 Å². The molecule has 7 nitrogen and oxygen atoms in total. The van der Waals surface area contributed by atoms with Gasteiger partial charge in [-0.25, -0.2) is 4.79 Å². The first-order valence-corrected chi connectivity index (χ1v) is 9.63. The Morgan fingerprint density at radius 2 is 2.04 bits per heavy atom. The first-order valence-electron chi connectivity index (χ1n) is 9.63. The monoisotopic (exact) mass is 388 g/mol. The number of nitrogens with zero attached hydrogens (tertiary/aromatic N) is 2. The van der Waals surface area contributed by atoms with Crippen molar-refractivity contribution in [1.82, 2.24) is 4.57 Å². The van der Waals surface area contributed by atoms with Crippen molar-refractivity contribution in [2.75, 3.05) is 19.8 Å². The standard InChI is InChI=1S/C21H28N2O5/c1-15(18-12-23(3)19-10-5-4-9-17(18)19)22-28-11-7-6-8-16-13-26-21(2,20(24)25)27-14-16/h4-5,9-10,12,16H,6-8,11,13-14H2,1-3H3,(H,24,25)/b22-15-. The van der Waals surface area contributed by atoms with E-state index in [2.05, 4.69) is 28.1 Å². The lowest BCUT2D eigenvalue weighted by Crippen LogP contribution is -2.47. The lowest BCUT2D eigenvalue weighted by molar-refractivity contribution is -0.271. The Balaban J connectivity index is 1.39. The minimum absolute atomic E-state index is 0.216. The largest absolute Gasteiger partial charge is 0.477 e. The van der Waals surface area contributed by atoms with Crippen LogP contribution >= 0.6 is 0 Å². The summed E-state index contributed by atoms with van der Waals surface area (Å²) in [6.45, 7) is 4.75. The predicted molar refractivity (Wildman–Crippen MR) is 106 cm³/mol. The second-order valence-corrected chi connectivity index (χ2v) is 7.42. The Morgan fingerprint density at radius 1 is 1.32 bits per heavy atom. The molecule has 0 saturated carbocycles. The number of rotatable bonds is 8. The van der Waals surface area contributed by atoms with Gasteiger partial charge in [0.15, 0.2) is 0 Å². The molecular weight excluding hydrogens is 360 g/mol. The minimum Gasteiger partial charge on any atom is -0.477 e. The predicted octanol–water partition coefficient (Wildman–Crippen LogP) is 3.55. The Morgan fingerprint density at radius 3 is 2.75 bits per heavy atom. The normalized spacial score (nSPS) is 23.1. The molecule has 0 spiro atoms. The molecule has 1 aromatic heterocycles. The summed E-state index contributed by atoms with van der Waals surface area (Å²) in [6, 6.07) is 8.23. The molecule has 2 heterocycles. The van der Waals surface area contributed by atoms with Crippen LogP contribution in [-0.4, -0.2) is 47.0 Å². The number of hydrogen-bond donors (Lipinski definition) is 1. The summed E-state index contributed by atoms with van der Waals surface area (Å²) >= 11 is 0. The molecule has 1 N–H and O–H groups in total. The van der Waals surface area contributed by atoms with E-state index in [0.29, 0.717) is 19.8 Å². The molecule has 1 aliphatic rings. The summed E-state index contributed by atoms with van der Waals surface area (Å²) in [5.74, 6) is -2.37.